The summed E-state index contributed by atoms with van der Waals surface area (Å²) in [5, 5.41) is 2.98. The molecule has 1 N–H and O–H groups in total. The molecule has 2 aliphatic heterocycles. The van der Waals surface area contributed by atoms with Gasteiger partial charge in [0.2, 0.25) is 5.91 Å². The summed E-state index contributed by atoms with van der Waals surface area (Å²) < 4.78 is 0. The molecule has 2 heterocycles. The molecule has 4 nitrogen and oxygen atoms in total. The first-order valence-corrected chi connectivity index (χ1v) is 5.77. The van der Waals surface area contributed by atoms with Crippen molar-refractivity contribution in [2.75, 3.05) is 6.54 Å². The van der Waals surface area contributed by atoms with E-state index < -0.39 is 0 Å². The van der Waals surface area contributed by atoms with Gasteiger partial charge in [0.05, 0.1) is 12.1 Å². The van der Waals surface area contributed by atoms with Gasteiger partial charge in [0.1, 0.15) is 5.84 Å². The second kappa shape index (κ2) is 3.92. The fourth-order valence-electron chi connectivity index (χ4n) is 2.51. The topological polar surface area (TPSA) is 44.7 Å². The minimum Gasteiger partial charge on any atom is -0.351 e. The average Bonchev–Trinajstić information content (AvgIpc) is 2.58. The van der Waals surface area contributed by atoms with Gasteiger partial charge in [-0.25, -0.2) is 0 Å². The lowest BCUT2D eigenvalue weighted by atomic mass is 10.0. The van der Waals surface area contributed by atoms with Crippen LogP contribution in [-0.2, 0) is 4.79 Å². The molecule has 0 aromatic rings. The summed E-state index contributed by atoms with van der Waals surface area (Å²) in [6.45, 7) is 8.73. The van der Waals surface area contributed by atoms with Crippen molar-refractivity contribution >= 4 is 11.7 Å². The van der Waals surface area contributed by atoms with Crippen LogP contribution in [0.2, 0.25) is 0 Å². The fourth-order valence-corrected chi connectivity index (χ4v) is 2.51. The Kier molecular flexibility index (Phi) is 2.74. The molecule has 0 bridgehead atoms. The Morgan fingerprint density at radius 1 is 1.50 bits per heavy atom. The van der Waals surface area contributed by atoms with Gasteiger partial charge >= 0.3 is 0 Å². The highest BCUT2D eigenvalue weighted by atomic mass is 16.1. The first-order valence-electron chi connectivity index (χ1n) is 5.77. The van der Waals surface area contributed by atoms with Crippen LogP contribution in [0.3, 0.4) is 0 Å². The van der Waals surface area contributed by atoms with E-state index in [0.717, 1.165) is 18.8 Å². The standard InChI is InChI=1S/C12H19N3O/c1-7-8(2)13-9(3)15-6-11(5-12(7)15)14-10(4)16/h8,11H,5-6H2,1-4H3,(H,14,16)/t8-,11+/m0/s1. The molecular weight excluding hydrogens is 202 g/mol. The molecule has 0 aromatic carbocycles. The Bertz CT molecular complexity index is 384. The summed E-state index contributed by atoms with van der Waals surface area (Å²) in [5.74, 6) is 1.12. The van der Waals surface area contributed by atoms with Gasteiger partial charge in [-0.2, -0.15) is 0 Å². The number of amides is 1. The first kappa shape index (κ1) is 11.2. The van der Waals surface area contributed by atoms with Gasteiger partial charge in [-0.1, -0.05) is 0 Å². The Morgan fingerprint density at radius 3 is 2.81 bits per heavy atom. The average molecular weight is 221 g/mol. The third-order valence-corrected chi connectivity index (χ3v) is 3.43. The Balaban J connectivity index is 2.20. The minimum absolute atomic E-state index is 0.0470. The molecule has 0 saturated carbocycles. The molecule has 2 aliphatic rings. The molecular formula is C12H19N3O. The number of hydrogen-bond donors (Lipinski definition) is 1. The van der Waals surface area contributed by atoms with E-state index in [-0.39, 0.29) is 18.0 Å². The summed E-state index contributed by atoms with van der Waals surface area (Å²) in [4.78, 5) is 17.9. The van der Waals surface area contributed by atoms with Crippen molar-refractivity contribution in [2.45, 2.75) is 46.2 Å². The quantitative estimate of drug-likeness (QED) is 0.725. The van der Waals surface area contributed by atoms with Crippen LogP contribution in [0.5, 0.6) is 0 Å². The van der Waals surface area contributed by atoms with E-state index in [9.17, 15) is 4.79 Å². The second-order valence-electron chi connectivity index (χ2n) is 4.69. The number of amidine groups is 1. The predicted molar refractivity (Wildman–Crippen MR) is 64.2 cm³/mol. The van der Waals surface area contributed by atoms with Crippen molar-refractivity contribution in [3.05, 3.63) is 11.3 Å². The van der Waals surface area contributed by atoms with Gasteiger partial charge in [0.25, 0.3) is 0 Å². The van der Waals surface area contributed by atoms with Crippen molar-refractivity contribution in [2.24, 2.45) is 4.99 Å². The smallest absolute Gasteiger partial charge is 0.217 e. The highest BCUT2D eigenvalue weighted by Crippen LogP contribution is 2.30. The second-order valence-corrected chi connectivity index (χ2v) is 4.69. The van der Waals surface area contributed by atoms with E-state index in [4.69, 9.17) is 0 Å². The lowest BCUT2D eigenvalue weighted by Crippen LogP contribution is -2.37. The molecule has 1 saturated heterocycles. The molecule has 88 valence electrons. The van der Waals surface area contributed by atoms with E-state index in [1.54, 1.807) is 6.92 Å². The number of hydrogen-bond acceptors (Lipinski definition) is 3. The van der Waals surface area contributed by atoms with E-state index in [1.165, 1.54) is 11.3 Å². The van der Waals surface area contributed by atoms with E-state index in [2.05, 4.69) is 29.1 Å². The maximum atomic E-state index is 11.1. The number of fused-ring (bicyclic) bond motifs is 1. The van der Waals surface area contributed by atoms with E-state index in [0.29, 0.717) is 0 Å². The first-order chi connectivity index (χ1) is 7.49. The van der Waals surface area contributed by atoms with Gasteiger partial charge in [-0.3, -0.25) is 9.79 Å². The van der Waals surface area contributed by atoms with Crippen molar-refractivity contribution in [1.29, 1.82) is 0 Å². The molecule has 0 aliphatic carbocycles. The predicted octanol–water partition coefficient (Wildman–Crippen LogP) is 1.29. The summed E-state index contributed by atoms with van der Waals surface area (Å²) in [6.07, 6.45) is 0.933. The molecule has 2 atom stereocenters. The maximum Gasteiger partial charge on any atom is 0.217 e. The Hall–Kier alpha value is -1.32. The Labute approximate surface area is 96.4 Å². The van der Waals surface area contributed by atoms with Gasteiger partial charge in [-0.05, 0) is 26.3 Å². The zero-order valence-corrected chi connectivity index (χ0v) is 10.4. The number of carbonyl (C=O) groups is 1. The SMILES string of the molecule is CC(=O)N[C@@H]1CC2=C(C)[C@H](C)N=C(C)N2C1. The van der Waals surface area contributed by atoms with Gasteiger partial charge in [0, 0.05) is 25.6 Å². The monoisotopic (exact) mass is 221 g/mol. The van der Waals surface area contributed by atoms with Crippen molar-refractivity contribution in [3.8, 4) is 0 Å². The lowest BCUT2D eigenvalue weighted by molar-refractivity contribution is -0.119. The van der Waals surface area contributed by atoms with Crippen molar-refractivity contribution in [3.63, 3.8) is 0 Å². The fraction of sp³-hybridized carbons (Fsp3) is 0.667. The van der Waals surface area contributed by atoms with Gasteiger partial charge in [-0.15, -0.1) is 0 Å². The van der Waals surface area contributed by atoms with Crippen LogP contribution in [-0.4, -0.2) is 35.3 Å². The maximum absolute atomic E-state index is 11.1. The lowest BCUT2D eigenvalue weighted by Gasteiger charge is -2.28. The van der Waals surface area contributed by atoms with Gasteiger partial charge < -0.3 is 10.2 Å². The molecule has 0 spiro atoms. The largest absolute Gasteiger partial charge is 0.351 e. The third kappa shape index (κ3) is 1.84. The Morgan fingerprint density at radius 2 is 2.19 bits per heavy atom. The summed E-state index contributed by atoms with van der Waals surface area (Å²) >= 11 is 0. The van der Waals surface area contributed by atoms with E-state index in [1.807, 2.05) is 6.92 Å². The molecule has 0 unspecified atom stereocenters. The molecule has 0 radical (unpaired) electrons. The molecule has 4 heteroatoms. The molecule has 1 fully saturated rings. The van der Waals surface area contributed by atoms with Crippen LogP contribution in [0.25, 0.3) is 0 Å². The third-order valence-electron chi connectivity index (χ3n) is 3.43. The molecule has 1 amide bonds. The van der Waals surface area contributed by atoms with Crippen molar-refractivity contribution in [1.82, 2.24) is 10.2 Å². The van der Waals surface area contributed by atoms with Crippen LogP contribution in [0.4, 0.5) is 0 Å². The number of nitrogens with zero attached hydrogens (tertiary/aromatic N) is 2. The molecule has 2 rings (SSSR count). The van der Waals surface area contributed by atoms with Crippen LogP contribution < -0.4 is 5.32 Å². The van der Waals surface area contributed by atoms with Crippen LogP contribution in [0, 0.1) is 0 Å². The highest BCUT2D eigenvalue weighted by Gasteiger charge is 2.33. The van der Waals surface area contributed by atoms with Crippen LogP contribution in [0.1, 0.15) is 34.1 Å². The summed E-state index contributed by atoms with van der Waals surface area (Å²) in [6, 6.07) is 0.514. The number of nitrogens with one attached hydrogen (secondary N) is 1. The zero-order chi connectivity index (χ0) is 11.9. The number of carbonyl (C=O) groups excluding carboxylic acids is 1. The van der Waals surface area contributed by atoms with Crippen LogP contribution in [0.15, 0.2) is 16.3 Å². The van der Waals surface area contributed by atoms with Gasteiger partial charge in [0.15, 0.2) is 0 Å². The highest BCUT2D eigenvalue weighted by molar-refractivity contribution is 5.84. The summed E-state index contributed by atoms with van der Waals surface area (Å²) in [7, 11) is 0. The van der Waals surface area contributed by atoms with Crippen LogP contribution >= 0.6 is 0 Å². The number of rotatable bonds is 1. The molecule has 0 aromatic heterocycles. The summed E-state index contributed by atoms with van der Waals surface area (Å²) in [5.41, 5.74) is 2.68. The minimum atomic E-state index is 0.0470. The van der Waals surface area contributed by atoms with E-state index >= 15 is 0 Å². The normalized spacial score (nSPS) is 29.0. The number of aliphatic imine (C=N–C) groups is 1. The zero-order valence-electron chi connectivity index (χ0n) is 10.4. The molecule has 16 heavy (non-hydrogen) atoms. The van der Waals surface area contributed by atoms with Crippen molar-refractivity contribution < 1.29 is 4.79 Å².